The predicted octanol–water partition coefficient (Wildman–Crippen LogP) is 4.70. The smallest absolute Gasteiger partial charge is 0.303 e. The van der Waals surface area contributed by atoms with Gasteiger partial charge >= 0.3 is 5.97 Å². The van der Waals surface area contributed by atoms with Crippen molar-refractivity contribution in [1.82, 2.24) is 0 Å². The molecule has 0 amide bonds. The first-order chi connectivity index (χ1) is 8.92. The molecule has 1 aromatic rings. The van der Waals surface area contributed by atoms with Crippen molar-refractivity contribution in [2.75, 3.05) is 0 Å². The van der Waals surface area contributed by atoms with E-state index in [9.17, 15) is 4.79 Å². The summed E-state index contributed by atoms with van der Waals surface area (Å²) in [6.45, 7) is 0. The van der Waals surface area contributed by atoms with Gasteiger partial charge in [0.1, 0.15) is 0 Å². The number of nitrogens with two attached hydrogens (primary N) is 1. The number of hydrogen-bond acceptors (Lipinski definition) is 3. The van der Waals surface area contributed by atoms with Crippen molar-refractivity contribution in [1.29, 1.82) is 0 Å². The minimum Gasteiger partial charge on any atom is -0.481 e. The third-order valence-electron chi connectivity index (χ3n) is 3.93. The number of hydrogen-bond donors (Lipinski definition) is 2. The van der Waals surface area contributed by atoms with E-state index >= 15 is 0 Å². The van der Waals surface area contributed by atoms with Crippen LogP contribution in [0.3, 0.4) is 0 Å². The van der Waals surface area contributed by atoms with Gasteiger partial charge in [0.15, 0.2) is 0 Å². The second-order valence-electron chi connectivity index (χ2n) is 5.37. The lowest BCUT2D eigenvalue weighted by molar-refractivity contribution is -0.139. The summed E-state index contributed by atoms with van der Waals surface area (Å²) >= 11 is 8.59. The lowest BCUT2D eigenvalue weighted by atomic mass is 9.76. The van der Waals surface area contributed by atoms with Gasteiger partial charge in [0.05, 0.1) is 14.0 Å². The van der Waals surface area contributed by atoms with Crippen molar-refractivity contribution < 1.29 is 9.90 Å². The molecule has 1 unspecified atom stereocenters. The molecule has 1 heterocycles. The highest BCUT2D eigenvalue weighted by Gasteiger charge is 2.38. The highest BCUT2D eigenvalue weighted by molar-refractivity contribution is 9.12. The van der Waals surface area contributed by atoms with Crippen LogP contribution in [0.1, 0.15) is 50.1 Å². The molecule has 2 rings (SSSR count). The van der Waals surface area contributed by atoms with Crippen molar-refractivity contribution >= 4 is 49.2 Å². The molecule has 106 valence electrons. The van der Waals surface area contributed by atoms with E-state index in [2.05, 4.69) is 31.9 Å². The zero-order chi connectivity index (χ0) is 14.0. The van der Waals surface area contributed by atoms with Crippen LogP contribution in [0, 0.1) is 5.41 Å². The van der Waals surface area contributed by atoms with Gasteiger partial charge in [0.25, 0.3) is 0 Å². The van der Waals surface area contributed by atoms with Gasteiger partial charge in [-0.2, -0.15) is 0 Å². The number of aliphatic carboxylic acids is 1. The highest BCUT2D eigenvalue weighted by atomic mass is 79.9. The molecule has 0 aromatic carbocycles. The second-order valence-corrected chi connectivity index (χ2v) is 9.12. The van der Waals surface area contributed by atoms with Gasteiger partial charge < -0.3 is 10.8 Å². The summed E-state index contributed by atoms with van der Waals surface area (Å²) in [7, 11) is 0. The Morgan fingerprint density at radius 1 is 1.47 bits per heavy atom. The first-order valence-electron chi connectivity index (χ1n) is 6.34. The number of carbonyl (C=O) groups is 1. The van der Waals surface area contributed by atoms with Crippen LogP contribution in [0.5, 0.6) is 0 Å². The normalized spacial score (nSPS) is 19.5. The van der Waals surface area contributed by atoms with Gasteiger partial charge in [-0.05, 0) is 68.2 Å². The molecule has 0 saturated heterocycles. The van der Waals surface area contributed by atoms with Crippen molar-refractivity contribution in [2.24, 2.45) is 11.1 Å². The molecule has 19 heavy (non-hydrogen) atoms. The Labute approximate surface area is 133 Å². The molecule has 0 spiro atoms. The Bertz CT molecular complexity index is 469. The van der Waals surface area contributed by atoms with E-state index in [1.54, 1.807) is 11.3 Å². The van der Waals surface area contributed by atoms with Crippen LogP contribution in [0.4, 0.5) is 0 Å². The van der Waals surface area contributed by atoms with Crippen LogP contribution >= 0.6 is 43.2 Å². The standard InChI is InChI=1S/C13H17Br2NO2S/c14-10-5-8(12(15)19-10)9(16)6-13(7-11(17)18)3-1-2-4-13/h5,9H,1-4,6-7,16H2,(H,17,18). The topological polar surface area (TPSA) is 63.3 Å². The zero-order valence-electron chi connectivity index (χ0n) is 10.5. The van der Waals surface area contributed by atoms with Gasteiger partial charge in [0.2, 0.25) is 0 Å². The largest absolute Gasteiger partial charge is 0.481 e. The third-order valence-corrected chi connectivity index (χ3v) is 6.31. The maximum atomic E-state index is 11.1. The summed E-state index contributed by atoms with van der Waals surface area (Å²) < 4.78 is 2.08. The number of rotatable bonds is 5. The Morgan fingerprint density at radius 2 is 2.11 bits per heavy atom. The van der Waals surface area contributed by atoms with Crippen LogP contribution in [-0.2, 0) is 4.79 Å². The van der Waals surface area contributed by atoms with Crippen LogP contribution in [0.25, 0.3) is 0 Å². The molecular formula is C13H17Br2NO2S. The fourth-order valence-corrected chi connectivity index (χ4v) is 6.08. The number of thiophene rings is 1. The molecule has 6 heteroatoms. The zero-order valence-corrected chi connectivity index (χ0v) is 14.5. The molecule has 1 saturated carbocycles. The summed E-state index contributed by atoms with van der Waals surface area (Å²) in [6, 6.07) is 1.93. The fourth-order valence-electron chi connectivity index (χ4n) is 3.08. The van der Waals surface area contributed by atoms with E-state index in [0.717, 1.165) is 45.2 Å². The van der Waals surface area contributed by atoms with Crippen LogP contribution < -0.4 is 5.73 Å². The summed E-state index contributed by atoms with van der Waals surface area (Å²) in [6.07, 6.45) is 5.19. The van der Waals surface area contributed by atoms with E-state index in [4.69, 9.17) is 10.8 Å². The SMILES string of the molecule is NC(CC1(CC(=O)O)CCCC1)c1cc(Br)sc1Br. The van der Waals surface area contributed by atoms with Gasteiger partial charge in [-0.25, -0.2) is 0 Å². The molecule has 0 radical (unpaired) electrons. The van der Waals surface area contributed by atoms with E-state index in [1.165, 1.54) is 0 Å². The number of halogens is 2. The average molecular weight is 411 g/mol. The van der Waals surface area contributed by atoms with Gasteiger partial charge in [-0.1, -0.05) is 12.8 Å². The Balaban J connectivity index is 2.13. The molecule has 1 fully saturated rings. The van der Waals surface area contributed by atoms with Crippen LogP contribution in [0.2, 0.25) is 0 Å². The molecule has 3 N–H and O–H groups in total. The van der Waals surface area contributed by atoms with E-state index in [1.807, 2.05) is 6.07 Å². The molecular weight excluding hydrogens is 394 g/mol. The quantitative estimate of drug-likeness (QED) is 0.739. The maximum absolute atomic E-state index is 11.1. The number of carboxylic acid groups (broad SMARTS) is 1. The highest BCUT2D eigenvalue weighted by Crippen LogP contribution is 2.48. The lowest BCUT2D eigenvalue weighted by Gasteiger charge is -2.30. The minimum absolute atomic E-state index is 0.102. The third kappa shape index (κ3) is 3.80. The monoisotopic (exact) mass is 409 g/mol. The van der Waals surface area contributed by atoms with Crippen molar-refractivity contribution in [3.63, 3.8) is 0 Å². The molecule has 0 bridgehead atoms. The van der Waals surface area contributed by atoms with E-state index in [-0.39, 0.29) is 17.9 Å². The Hall–Kier alpha value is 0.0900. The summed E-state index contributed by atoms with van der Waals surface area (Å²) in [5, 5.41) is 9.13. The van der Waals surface area contributed by atoms with E-state index in [0.29, 0.717) is 0 Å². The fraction of sp³-hybridized carbons (Fsp3) is 0.615. The molecule has 3 nitrogen and oxygen atoms in total. The van der Waals surface area contributed by atoms with Gasteiger partial charge in [-0.3, -0.25) is 4.79 Å². The summed E-state index contributed by atoms with van der Waals surface area (Å²) in [5.74, 6) is -0.709. The molecule has 1 atom stereocenters. The molecule has 1 aliphatic carbocycles. The minimum atomic E-state index is -0.709. The Kier molecular flexibility index (Phi) is 5.09. The van der Waals surface area contributed by atoms with Crippen LogP contribution in [-0.4, -0.2) is 11.1 Å². The summed E-state index contributed by atoms with van der Waals surface area (Å²) in [5.41, 5.74) is 7.28. The van der Waals surface area contributed by atoms with Crippen LogP contribution in [0.15, 0.2) is 13.6 Å². The van der Waals surface area contributed by atoms with E-state index < -0.39 is 5.97 Å². The van der Waals surface area contributed by atoms with Gasteiger partial charge in [0, 0.05) is 6.04 Å². The lowest BCUT2D eigenvalue weighted by Crippen LogP contribution is -2.27. The molecule has 1 aromatic heterocycles. The molecule has 0 aliphatic heterocycles. The van der Waals surface area contributed by atoms with Crippen molar-refractivity contribution in [2.45, 2.75) is 44.6 Å². The average Bonchev–Trinajstić information content (AvgIpc) is 2.85. The first-order valence-corrected chi connectivity index (χ1v) is 8.74. The maximum Gasteiger partial charge on any atom is 0.303 e. The van der Waals surface area contributed by atoms with Crippen molar-refractivity contribution in [3.05, 3.63) is 19.2 Å². The van der Waals surface area contributed by atoms with Crippen molar-refractivity contribution in [3.8, 4) is 0 Å². The second kappa shape index (κ2) is 6.24. The number of carboxylic acids is 1. The summed E-state index contributed by atoms with van der Waals surface area (Å²) in [4.78, 5) is 11.1. The predicted molar refractivity (Wildman–Crippen MR) is 84.4 cm³/mol. The van der Waals surface area contributed by atoms with Gasteiger partial charge in [-0.15, -0.1) is 11.3 Å². The first kappa shape index (κ1) is 15.5. The molecule has 1 aliphatic rings. The Morgan fingerprint density at radius 3 is 2.58 bits per heavy atom.